The highest BCUT2D eigenvalue weighted by Crippen LogP contribution is 2.43. The second kappa shape index (κ2) is 8.12. The van der Waals surface area contributed by atoms with E-state index in [1.807, 2.05) is 0 Å². The molecule has 3 rings (SSSR count). The van der Waals surface area contributed by atoms with Gasteiger partial charge in [-0.15, -0.1) is 22.7 Å². The molecule has 0 unspecified atom stereocenters. The van der Waals surface area contributed by atoms with Crippen molar-refractivity contribution in [1.29, 1.82) is 0 Å². The maximum atomic E-state index is 6.72. The zero-order chi connectivity index (χ0) is 20.6. The number of anilines is 1. The normalized spacial score (nSPS) is 12.5. The van der Waals surface area contributed by atoms with E-state index in [-0.39, 0.29) is 0 Å². The minimum atomic E-state index is -1.99. The molecule has 4 nitrogen and oxygen atoms in total. The lowest BCUT2D eigenvalue weighted by Gasteiger charge is -2.41. The van der Waals surface area contributed by atoms with Gasteiger partial charge in [-0.1, -0.05) is 41.5 Å². The molecule has 7 heteroatoms. The van der Waals surface area contributed by atoms with Gasteiger partial charge in [0.15, 0.2) is 10.0 Å². The van der Waals surface area contributed by atoms with Gasteiger partial charge < -0.3 is 9.33 Å². The van der Waals surface area contributed by atoms with Gasteiger partial charge in [-0.25, -0.2) is 9.97 Å². The first-order valence-electron chi connectivity index (χ1n) is 9.88. The molecule has 0 aliphatic rings. The molecule has 3 aromatic rings. The molecule has 0 aliphatic heterocycles. The van der Waals surface area contributed by atoms with Crippen molar-refractivity contribution >= 4 is 46.9 Å². The van der Waals surface area contributed by atoms with Crippen LogP contribution in [-0.4, -0.2) is 32.4 Å². The lowest BCUT2D eigenvalue weighted by Crippen LogP contribution is -2.50. The zero-order valence-electron chi connectivity index (χ0n) is 18.1. The quantitative estimate of drug-likeness (QED) is 0.374. The van der Waals surface area contributed by atoms with Gasteiger partial charge in [0.05, 0.1) is 15.6 Å². The summed E-state index contributed by atoms with van der Waals surface area (Å²) in [6.45, 7) is 13.8. The van der Waals surface area contributed by atoms with Crippen LogP contribution in [-0.2, 0) is 0 Å². The molecule has 2 heterocycles. The van der Waals surface area contributed by atoms with Crippen LogP contribution in [0.25, 0.3) is 20.2 Å². The van der Waals surface area contributed by atoms with Crippen molar-refractivity contribution in [1.82, 2.24) is 9.97 Å². The topological polar surface area (TPSA) is 38.2 Å². The van der Waals surface area contributed by atoms with Crippen molar-refractivity contribution < 1.29 is 4.43 Å². The van der Waals surface area contributed by atoms with Crippen LogP contribution in [0.4, 0.5) is 5.69 Å². The van der Waals surface area contributed by atoms with Gasteiger partial charge in [0.1, 0.15) is 0 Å². The van der Waals surface area contributed by atoms with E-state index in [2.05, 4.69) is 84.1 Å². The van der Waals surface area contributed by atoms with Crippen LogP contribution in [0.15, 0.2) is 23.6 Å². The average Bonchev–Trinajstić information content (AvgIpc) is 3.24. The Hall–Kier alpha value is -1.44. The third-order valence-electron chi connectivity index (χ3n) is 5.54. The molecule has 152 valence electrons. The van der Waals surface area contributed by atoms with Crippen molar-refractivity contribution in [2.75, 3.05) is 19.0 Å². The van der Waals surface area contributed by atoms with Crippen LogP contribution in [0.3, 0.4) is 0 Å². The molecule has 0 amide bonds. The van der Waals surface area contributed by atoms with Gasteiger partial charge in [-0.3, -0.25) is 0 Å². The lowest BCUT2D eigenvalue weighted by atomic mass is 10.3. The first-order chi connectivity index (χ1) is 13.1. The molecule has 0 fully saturated rings. The summed E-state index contributed by atoms with van der Waals surface area (Å²) in [7, 11) is 2.13. The predicted octanol–water partition coefficient (Wildman–Crippen LogP) is 7.04. The molecule has 0 saturated carbocycles. The summed E-state index contributed by atoms with van der Waals surface area (Å²) in [6, 6.07) is 6.38. The zero-order valence-corrected chi connectivity index (χ0v) is 20.7. The fraction of sp³-hybridized carbons (Fsp3) is 0.524. The van der Waals surface area contributed by atoms with Crippen LogP contribution in [0, 0.1) is 0 Å². The summed E-state index contributed by atoms with van der Waals surface area (Å²) in [5.74, 6) is 0.774. The summed E-state index contributed by atoms with van der Waals surface area (Å²) in [4.78, 5) is 11.7. The Bertz CT molecular complexity index is 924. The average molecular weight is 434 g/mol. The van der Waals surface area contributed by atoms with Crippen LogP contribution in [0.1, 0.15) is 41.5 Å². The van der Waals surface area contributed by atoms with Crippen molar-refractivity contribution in [2.24, 2.45) is 0 Å². The first kappa shape index (κ1) is 21.3. The molecule has 0 spiro atoms. The van der Waals surface area contributed by atoms with E-state index in [0.29, 0.717) is 16.6 Å². The van der Waals surface area contributed by atoms with Crippen LogP contribution in [0.2, 0.25) is 16.6 Å². The Morgan fingerprint density at radius 2 is 1.57 bits per heavy atom. The number of fused-ring (bicyclic) bond motifs is 1. The molecule has 1 aromatic carbocycles. The van der Waals surface area contributed by atoms with Gasteiger partial charge in [0.25, 0.3) is 8.32 Å². The van der Waals surface area contributed by atoms with Crippen molar-refractivity contribution in [3.05, 3.63) is 23.6 Å². The number of thiazole rings is 2. The van der Waals surface area contributed by atoms with E-state index in [1.54, 1.807) is 22.7 Å². The maximum absolute atomic E-state index is 6.72. The molecule has 0 bridgehead atoms. The fourth-order valence-electron chi connectivity index (χ4n) is 4.22. The molecule has 0 N–H and O–H groups in total. The molecule has 0 aliphatic carbocycles. The van der Waals surface area contributed by atoms with Gasteiger partial charge >= 0.3 is 0 Å². The Balaban J connectivity index is 1.92. The van der Waals surface area contributed by atoms with Gasteiger partial charge in [0.2, 0.25) is 5.88 Å². The first-order valence-corrected chi connectivity index (χ1v) is 13.7. The summed E-state index contributed by atoms with van der Waals surface area (Å²) in [5.41, 5.74) is 3.81. The third-order valence-corrected chi connectivity index (χ3v) is 13.5. The minimum Gasteiger partial charge on any atom is -0.529 e. The maximum Gasteiger partial charge on any atom is 0.260 e. The van der Waals surface area contributed by atoms with Gasteiger partial charge in [-0.2, -0.15) is 0 Å². The van der Waals surface area contributed by atoms with Crippen molar-refractivity contribution in [3.63, 3.8) is 0 Å². The number of rotatable bonds is 7. The van der Waals surface area contributed by atoms with Crippen molar-refractivity contribution in [3.8, 4) is 15.9 Å². The molecule has 28 heavy (non-hydrogen) atoms. The largest absolute Gasteiger partial charge is 0.529 e. The Morgan fingerprint density at radius 1 is 0.929 bits per heavy atom. The molecular weight excluding hydrogens is 402 g/mol. The SMILES string of the molecule is CC(C)[Si](Oc1csc(-c2nc3ccc(N(C)C)cc3s2)n1)(C(C)C)C(C)C. The summed E-state index contributed by atoms with van der Waals surface area (Å²) < 4.78 is 7.91. The predicted molar refractivity (Wildman–Crippen MR) is 127 cm³/mol. The summed E-state index contributed by atoms with van der Waals surface area (Å²) in [6.07, 6.45) is 0. The van der Waals surface area contributed by atoms with Crippen LogP contribution >= 0.6 is 22.7 Å². The summed E-state index contributed by atoms with van der Waals surface area (Å²) in [5, 5.41) is 3.97. The highest BCUT2D eigenvalue weighted by molar-refractivity contribution is 7.25. The third kappa shape index (κ3) is 3.84. The van der Waals surface area contributed by atoms with E-state index in [1.165, 1.54) is 10.4 Å². The monoisotopic (exact) mass is 433 g/mol. The Labute approximate surface area is 177 Å². The molecule has 0 radical (unpaired) electrons. The fourth-order valence-corrected chi connectivity index (χ4v) is 11.2. The van der Waals surface area contributed by atoms with E-state index in [4.69, 9.17) is 14.4 Å². The van der Waals surface area contributed by atoms with E-state index in [9.17, 15) is 0 Å². The number of nitrogens with zero attached hydrogens (tertiary/aromatic N) is 3. The highest BCUT2D eigenvalue weighted by atomic mass is 32.1. The molecule has 0 atom stereocenters. The number of benzene rings is 1. The summed E-state index contributed by atoms with van der Waals surface area (Å²) >= 11 is 3.33. The van der Waals surface area contributed by atoms with Crippen LogP contribution < -0.4 is 9.33 Å². The lowest BCUT2D eigenvalue weighted by molar-refractivity contribution is 0.467. The minimum absolute atomic E-state index is 0.532. The van der Waals surface area contributed by atoms with Crippen LogP contribution in [0.5, 0.6) is 5.88 Å². The van der Waals surface area contributed by atoms with E-state index < -0.39 is 8.32 Å². The van der Waals surface area contributed by atoms with Gasteiger partial charge in [0, 0.05) is 19.8 Å². The Morgan fingerprint density at radius 3 is 2.14 bits per heavy atom. The second-order valence-corrected chi connectivity index (χ2v) is 15.7. The highest BCUT2D eigenvalue weighted by Gasteiger charge is 2.47. The molecular formula is C21H31N3OS2Si. The van der Waals surface area contributed by atoms with Gasteiger partial charge in [-0.05, 0) is 34.8 Å². The number of aromatic nitrogens is 2. The molecule has 2 aromatic heterocycles. The van der Waals surface area contributed by atoms with E-state index >= 15 is 0 Å². The second-order valence-electron chi connectivity index (χ2n) is 8.48. The standard InChI is InChI=1S/C21H31N3OS2Si/c1-13(2)28(14(3)4,15(5)6)25-19-12-26-20(23-19)21-22-17-10-9-16(24(7)8)11-18(17)27-21/h9-15H,1-8H3. The van der Waals surface area contributed by atoms with E-state index in [0.717, 1.165) is 21.4 Å². The number of hydrogen-bond acceptors (Lipinski definition) is 6. The van der Waals surface area contributed by atoms with Crippen molar-refractivity contribution in [2.45, 2.75) is 58.2 Å². The Kier molecular flexibility index (Phi) is 6.17. The number of hydrogen-bond donors (Lipinski definition) is 0. The smallest absolute Gasteiger partial charge is 0.260 e. The molecule has 0 saturated heterocycles.